The first-order chi connectivity index (χ1) is 7.20. The normalized spacial score (nSPS) is 26.3. The molecule has 0 amide bonds. The van der Waals surface area contributed by atoms with Crippen molar-refractivity contribution in [1.29, 1.82) is 0 Å². The predicted molar refractivity (Wildman–Crippen MR) is 64.7 cm³/mol. The summed E-state index contributed by atoms with van der Waals surface area (Å²) in [5, 5.41) is 13.8. The molecule has 4 heteroatoms. The first-order valence-corrected chi connectivity index (χ1v) is 5.41. The van der Waals surface area contributed by atoms with E-state index in [-0.39, 0.29) is 5.92 Å². The average Bonchev–Trinajstić information content (AvgIpc) is 2.26. The van der Waals surface area contributed by atoms with Crippen molar-refractivity contribution in [3.8, 4) is 0 Å². The van der Waals surface area contributed by atoms with E-state index in [2.05, 4.69) is 5.32 Å². The number of para-hydroxylation sites is 1. The number of aliphatic hydroxyl groups is 1. The van der Waals surface area contributed by atoms with Crippen LogP contribution in [0.3, 0.4) is 0 Å². The van der Waals surface area contributed by atoms with Crippen LogP contribution in [0.2, 0.25) is 0 Å². The lowest BCUT2D eigenvalue weighted by Gasteiger charge is -2.38. The van der Waals surface area contributed by atoms with Crippen LogP contribution in [-0.2, 0) is 0 Å². The summed E-state index contributed by atoms with van der Waals surface area (Å²) in [6.45, 7) is 2.72. The van der Waals surface area contributed by atoms with Gasteiger partial charge in [-0.2, -0.15) is 0 Å². The quantitative estimate of drug-likeness (QED) is 0.703. The van der Waals surface area contributed by atoms with Gasteiger partial charge in [0.15, 0.2) is 5.11 Å². The highest BCUT2D eigenvalue weighted by Crippen LogP contribution is 2.22. The number of hydrogen-bond acceptors (Lipinski definition) is 2. The molecule has 0 unspecified atom stereocenters. The summed E-state index contributed by atoms with van der Waals surface area (Å²) >= 11 is 5.19. The largest absolute Gasteiger partial charge is 0.373 e. The van der Waals surface area contributed by atoms with Crippen LogP contribution in [0.25, 0.3) is 0 Å². The number of anilines is 1. The highest BCUT2D eigenvalue weighted by Gasteiger charge is 2.30. The first kappa shape index (κ1) is 10.4. The summed E-state index contributed by atoms with van der Waals surface area (Å²) in [5.41, 5.74) is 0.925. The summed E-state index contributed by atoms with van der Waals surface area (Å²) in [6, 6.07) is 9.69. The van der Waals surface area contributed by atoms with Crippen LogP contribution in [0.1, 0.15) is 6.92 Å². The number of benzene rings is 1. The Morgan fingerprint density at radius 1 is 1.40 bits per heavy atom. The molecule has 0 bridgehead atoms. The van der Waals surface area contributed by atoms with E-state index in [4.69, 9.17) is 12.2 Å². The molecule has 15 heavy (non-hydrogen) atoms. The van der Waals surface area contributed by atoms with E-state index in [0.29, 0.717) is 5.11 Å². The molecule has 1 aromatic carbocycles. The van der Waals surface area contributed by atoms with Gasteiger partial charge in [0.05, 0.1) is 0 Å². The Balaban J connectivity index is 2.29. The fourth-order valence-corrected chi connectivity index (χ4v) is 1.97. The van der Waals surface area contributed by atoms with Crippen molar-refractivity contribution in [2.75, 3.05) is 11.4 Å². The highest BCUT2D eigenvalue weighted by atomic mass is 32.1. The van der Waals surface area contributed by atoms with Gasteiger partial charge in [-0.1, -0.05) is 25.1 Å². The van der Waals surface area contributed by atoms with Crippen molar-refractivity contribution in [3.63, 3.8) is 0 Å². The van der Waals surface area contributed by atoms with Gasteiger partial charge in [-0.25, -0.2) is 0 Å². The molecule has 0 aromatic heterocycles. The van der Waals surface area contributed by atoms with Crippen molar-refractivity contribution in [1.82, 2.24) is 5.32 Å². The lowest BCUT2D eigenvalue weighted by Crippen LogP contribution is -2.56. The van der Waals surface area contributed by atoms with Crippen molar-refractivity contribution in [2.24, 2.45) is 5.92 Å². The molecule has 3 nitrogen and oxygen atoms in total. The van der Waals surface area contributed by atoms with E-state index < -0.39 is 6.23 Å². The zero-order valence-corrected chi connectivity index (χ0v) is 9.37. The van der Waals surface area contributed by atoms with E-state index in [9.17, 15) is 5.11 Å². The SMILES string of the molecule is C[C@H]1CNC(=S)N(c2ccccc2)[C@@H]1O. The van der Waals surface area contributed by atoms with Crippen LogP contribution >= 0.6 is 12.2 Å². The standard InChI is InChI=1S/C11H14N2OS/c1-8-7-12-11(15)13(10(8)14)9-5-3-2-4-6-9/h2-6,8,10,14H,7H2,1H3,(H,12,15)/t8-,10+/m0/s1. The van der Waals surface area contributed by atoms with Crippen LogP contribution in [0.15, 0.2) is 30.3 Å². The molecule has 0 spiro atoms. The second-order valence-electron chi connectivity index (χ2n) is 3.78. The van der Waals surface area contributed by atoms with Gasteiger partial charge in [0.25, 0.3) is 0 Å². The third-order valence-corrected chi connectivity index (χ3v) is 2.94. The summed E-state index contributed by atoms with van der Waals surface area (Å²) in [5.74, 6) is 0.164. The third kappa shape index (κ3) is 1.96. The molecule has 1 aliphatic heterocycles. The topological polar surface area (TPSA) is 35.5 Å². The van der Waals surface area contributed by atoms with Crippen LogP contribution in [-0.4, -0.2) is 23.0 Å². The minimum Gasteiger partial charge on any atom is -0.373 e. The zero-order chi connectivity index (χ0) is 10.8. The smallest absolute Gasteiger partial charge is 0.175 e. The Labute approximate surface area is 94.7 Å². The van der Waals surface area contributed by atoms with Gasteiger partial charge in [0, 0.05) is 18.2 Å². The van der Waals surface area contributed by atoms with Crippen LogP contribution in [0, 0.1) is 5.92 Å². The number of rotatable bonds is 1. The van der Waals surface area contributed by atoms with Gasteiger partial charge < -0.3 is 10.4 Å². The van der Waals surface area contributed by atoms with E-state index in [1.54, 1.807) is 4.90 Å². The van der Waals surface area contributed by atoms with E-state index in [1.807, 2.05) is 37.3 Å². The number of hydrogen-bond donors (Lipinski definition) is 2. The number of thiocarbonyl (C=S) groups is 1. The van der Waals surface area contributed by atoms with Gasteiger partial charge >= 0.3 is 0 Å². The molecule has 2 N–H and O–H groups in total. The lowest BCUT2D eigenvalue weighted by molar-refractivity contribution is 0.118. The Kier molecular flexibility index (Phi) is 2.88. The fraction of sp³-hybridized carbons (Fsp3) is 0.364. The van der Waals surface area contributed by atoms with Crippen LogP contribution in [0.5, 0.6) is 0 Å². The molecule has 1 heterocycles. The maximum atomic E-state index is 10.1. The Morgan fingerprint density at radius 3 is 2.73 bits per heavy atom. The minimum atomic E-state index is -0.541. The Bertz CT molecular complexity index is 355. The average molecular weight is 222 g/mol. The Morgan fingerprint density at radius 2 is 2.07 bits per heavy atom. The van der Waals surface area contributed by atoms with Gasteiger partial charge in [0.1, 0.15) is 6.23 Å². The van der Waals surface area contributed by atoms with Crippen molar-refractivity contribution in [2.45, 2.75) is 13.2 Å². The zero-order valence-electron chi connectivity index (χ0n) is 8.55. The maximum absolute atomic E-state index is 10.1. The van der Waals surface area contributed by atoms with Crippen molar-refractivity contribution >= 4 is 23.0 Å². The number of nitrogens with zero attached hydrogens (tertiary/aromatic N) is 1. The Hall–Kier alpha value is -1.13. The second-order valence-corrected chi connectivity index (χ2v) is 4.17. The summed E-state index contributed by atoms with van der Waals surface area (Å²) in [6.07, 6.45) is -0.541. The summed E-state index contributed by atoms with van der Waals surface area (Å²) in [4.78, 5) is 1.75. The van der Waals surface area contributed by atoms with Crippen molar-refractivity contribution in [3.05, 3.63) is 30.3 Å². The second kappa shape index (κ2) is 4.16. The van der Waals surface area contributed by atoms with Crippen LogP contribution < -0.4 is 10.2 Å². The van der Waals surface area contributed by atoms with E-state index in [0.717, 1.165) is 12.2 Å². The molecule has 0 radical (unpaired) electrons. The van der Waals surface area contributed by atoms with E-state index in [1.165, 1.54) is 0 Å². The summed E-state index contributed by atoms with van der Waals surface area (Å²) in [7, 11) is 0. The van der Waals surface area contributed by atoms with Gasteiger partial charge in [-0.15, -0.1) is 0 Å². The summed E-state index contributed by atoms with van der Waals surface area (Å²) < 4.78 is 0. The highest BCUT2D eigenvalue weighted by molar-refractivity contribution is 7.80. The lowest BCUT2D eigenvalue weighted by atomic mass is 10.1. The monoisotopic (exact) mass is 222 g/mol. The maximum Gasteiger partial charge on any atom is 0.175 e. The molecule has 1 aliphatic rings. The van der Waals surface area contributed by atoms with E-state index >= 15 is 0 Å². The number of nitrogens with one attached hydrogen (secondary N) is 1. The molecule has 80 valence electrons. The van der Waals surface area contributed by atoms with Crippen LogP contribution in [0.4, 0.5) is 5.69 Å². The molecular weight excluding hydrogens is 208 g/mol. The van der Waals surface area contributed by atoms with Gasteiger partial charge in [0.2, 0.25) is 0 Å². The molecular formula is C11H14N2OS. The molecule has 1 aromatic rings. The first-order valence-electron chi connectivity index (χ1n) is 5.00. The molecule has 1 fully saturated rings. The van der Waals surface area contributed by atoms with Gasteiger partial charge in [-0.3, -0.25) is 4.90 Å². The molecule has 1 saturated heterocycles. The minimum absolute atomic E-state index is 0.164. The third-order valence-electron chi connectivity index (χ3n) is 2.60. The molecule has 0 saturated carbocycles. The predicted octanol–water partition coefficient (Wildman–Crippen LogP) is 1.34. The molecule has 0 aliphatic carbocycles. The fourth-order valence-electron chi connectivity index (χ4n) is 1.67. The molecule has 2 rings (SSSR count). The van der Waals surface area contributed by atoms with Gasteiger partial charge in [-0.05, 0) is 24.4 Å². The number of aliphatic hydroxyl groups excluding tert-OH is 1. The molecule has 2 atom stereocenters. The van der Waals surface area contributed by atoms with Crippen molar-refractivity contribution < 1.29 is 5.11 Å².